The number of hydrogen-bond donors (Lipinski definition) is 0. The normalized spacial score (nSPS) is 12.5. The van der Waals surface area contributed by atoms with Crippen molar-refractivity contribution in [3.05, 3.63) is 158 Å². The summed E-state index contributed by atoms with van der Waals surface area (Å²) >= 11 is 0. The summed E-state index contributed by atoms with van der Waals surface area (Å²) in [6.07, 6.45) is 0. The largest absolute Gasteiger partial charge is 0.452 e. The van der Waals surface area contributed by atoms with Crippen LogP contribution in [0.1, 0.15) is 0 Å². The van der Waals surface area contributed by atoms with Gasteiger partial charge in [-0.25, -0.2) is 9.97 Å². The van der Waals surface area contributed by atoms with Crippen LogP contribution in [0.2, 0.25) is 0 Å². The Bertz CT molecular complexity index is 3700. The van der Waals surface area contributed by atoms with Gasteiger partial charge >= 0.3 is 0 Å². The van der Waals surface area contributed by atoms with Gasteiger partial charge in [0.15, 0.2) is 5.58 Å². The van der Waals surface area contributed by atoms with Gasteiger partial charge in [-0.15, -0.1) is 0 Å². The zero-order valence-electron chi connectivity index (χ0n) is 28.2. The molecule has 0 aliphatic heterocycles. The molecule has 5 nitrogen and oxygen atoms in total. The first kappa shape index (κ1) is 27.5. The van der Waals surface area contributed by atoms with E-state index in [1.807, 2.05) is 12.1 Å². The molecular weight excluding hydrogens is 649 g/mol. The van der Waals surface area contributed by atoms with Crippen LogP contribution in [0.3, 0.4) is 0 Å². The number of aromatic nitrogens is 4. The van der Waals surface area contributed by atoms with Gasteiger partial charge in [0.05, 0.1) is 27.6 Å². The summed E-state index contributed by atoms with van der Waals surface area (Å²) in [7, 11) is 0. The van der Waals surface area contributed by atoms with Crippen molar-refractivity contribution in [3.8, 4) is 17.2 Å². The Balaban J connectivity index is 1.27. The average Bonchev–Trinajstić information content (AvgIpc) is 3.95. The molecule has 0 N–H and O–H groups in total. The van der Waals surface area contributed by atoms with E-state index in [2.05, 4.69) is 155 Å². The smallest absolute Gasteiger partial charge is 0.236 e. The predicted octanol–water partition coefficient (Wildman–Crippen LogP) is 12.6. The van der Waals surface area contributed by atoms with Crippen LogP contribution in [0.25, 0.3) is 121 Å². The molecule has 53 heavy (non-hydrogen) atoms. The van der Waals surface area contributed by atoms with Crippen LogP contribution < -0.4 is 0 Å². The van der Waals surface area contributed by atoms with E-state index < -0.39 is 0 Å². The first-order valence-electron chi connectivity index (χ1n) is 18.0. The summed E-state index contributed by atoms with van der Waals surface area (Å²) in [5.41, 5.74) is 9.84. The van der Waals surface area contributed by atoms with E-state index in [1.54, 1.807) is 0 Å². The number of benzene rings is 8. The predicted molar refractivity (Wildman–Crippen MR) is 219 cm³/mol. The SMILES string of the molecule is c1ccc2cc(-c3nc(-n4c5cc6ccccc6cc5c5cc6c7ccccc7n7c8ccccc8c(c54)c67)nc4c3oc3ccccc34)ccc2c1. The summed E-state index contributed by atoms with van der Waals surface area (Å²) in [6.45, 7) is 0. The van der Waals surface area contributed by atoms with Gasteiger partial charge in [-0.1, -0.05) is 109 Å². The van der Waals surface area contributed by atoms with E-state index in [0.717, 1.165) is 44.2 Å². The third-order valence-electron chi connectivity index (χ3n) is 11.4. The minimum atomic E-state index is 0.616. The molecule has 0 radical (unpaired) electrons. The van der Waals surface area contributed by atoms with Gasteiger partial charge in [0, 0.05) is 43.3 Å². The molecular formula is C48H26N4O. The molecule has 13 aromatic rings. The van der Waals surface area contributed by atoms with Crippen LogP contribution >= 0.6 is 0 Å². The summed E-state index contributed by atoms with van der Waals surface area (Å²) in [6, 6.07) is 56.4. The Labute approximate surface area is 300 Å². The number of furan rings is 1. The highest BCUT2D eigenvalue weighted by Gasteiger charge is 2.27. The molecule has 5 aromatic heterocycles. The van der Waals surface area contributed by atoms with E-state index >= 15 is 0 Å². The van der Waals surface area contributed by atoms with E-state index in [1.165, 1.54) is 65.0 Å². The highest BCUT2D eigenvalue weighted by atomic mass is 16.3. The van der Waals surface area contributed by atoms with Crippen LogP contribution in [0.15, 0.2) is 162 Å². The average molecular weight is 675 g/mol. The van der Waals surface area contributed by atoms with Crippen molar-refractivity contribution in [2.75, 3.05) is 0 Å². The van der Waals surface area contributed by atoms with E-state index in [0.29, 0.717) is 11.5 Å². The van der Waals surface area contributed by atoms with Crippen LogP contribution in [-0.2, 0) is 0 Å². The quantitative estimate of drug-likeness (QED) is 0.183. The van der Waals surface area contributed by atoms with Crippen LogP contribution in [0.4, 0.5) is 0 Å². The zero-order chi connectivity index (χ0) is 34.4. The van der Waals surface area contributed by atoms with Crippen molar-refractivity contribution < 1.29 is 4.42 Å². The maximum Gasteiger partial charge on any atom is 0.236 e. The van der Waals surface area contributed by atoms with Crippen molar-refractivity contribution in [2.45, 2.75) is 0 Å². The summed E-state index contributed by atoms with van der Waals surface area (Å²) < 4.78 is 11.4. The third-order valence-corrected chi connectivity index (χ3v) is 11.4. The number of rotatable bonds is 2. The van der Waals surface area contributed by atoms with E-state index in [4.69, 9.17) is 14.4 Å². The number of para-hydroxylation sites is 3. The maximum atomic E-state index is 6.61. The molecule has 0 saturated carbocycles. The van der Waals surface area contributed by atoms with Gasteiger partial charge in [0.2, 0.25) is 5.95 Å². The molecule has 0 bridgehead atoms. The lowest BCUT2D eigenvalue weighted by atomic mass is 10.0. The monoisotopic (exact) mass is 674 g/mol. The lowest BCUT2D eigenvalue weighted by Gasteiger charge is -2.11. The van der Waals surface area contributed by atoms with Crippen molar-refractivity contribution in [1.29, 1.82) is 0 Å². The second-order valence-electron chi connectivity index (χ2n) is 14.2. The van der Waals surface area contributed by atoms with Gasteiger partial charge < -0.3 is 8.82 Å². The molecule has 0 atom stereocenters. The lowest BCUT2D eigenvalue weighted by molar-refractivity contribution is 0.666. The summed E-state index contributed by atoms with van der Waals surface area (Å²) in [4.78, 5) is 11.0. The minimum Gasteiger partial charge on any atom is -0.452 e. The Hall–Kier alpha value is -7.24. The Kier molecular flexibility index (Phi) is 5.06. The minimum absolute atomic E-state index is 0.616. The maximum absolute atomic E-state index is 6.61. The van der Waals surface area contributed by atoms with Gasteiger partial charge in [-0.2, -0.15) is 0 Å². The number of nitrogens with zero attached hydrogens (tertiary/aromatic N) is 4. The molecule has 0 unspecified atom stereocenters. The first-order chi connectivity index (χ1) is 26.3. The molecule has 244 valence electrons. The number of fused-ring (bicyclic) bond motifs is 15. The van der Waals surface area contributed by atoms with Crippen LogP contribution in [-0.4, -0.2) is 18.9 Å². The van der Waals surface area contributed by atoms with Gasteiger partial charge in [-0.3, -0.25) is 4.57 Å². The fraction of sp³-hybridized carbons (Fsp3) is 0. The molecule has 0 spiro atoms. The second kappa shape index (κ2) is 9.75. The van der Waals surface area contributed by atoms with E-state index in [-0.39, 0.29) is 0 Å². The lowest BCUT2D eigenvalue weighted by Crippen LogP contribution is -2.03. The molecule has 0 amide bonds. The Morgan fingerprint density at radius 2 is 1.08 bits per heavy atom. The molecule has 13 rings (SSSR count). The van der Waals surface area contributed by atoms with Crippen molar-refractivity contribution in [1.82, 2.24) is 18.9 Å². The van der Waals surface area contributed by atoms with Crippen LogP contribution in [0.5, 0.6) is 0 Å². The third kappa shape index (κ3) is 3.51. The fourth-order valence-electron chi connectivity index (χ4n) is 9.11. The standard InChI is InChI=1S/C48H26N4O/c1-2-12-28-23-31(22-21-27(28)11-1)43-47-44(34-17-7-10-20-41(34)53-47)50-48(49-43)52-40-25-30-14-4-3-13-29(30)24-35(40)37-26-36-32-15-5-8-18-38(32)51-39-19-9-6-16-33(39)42(45(36)51)46(37)52/h1-26H. The second-order valence-corrected chi connectivity index (χ2v) is 14.2. The highest BCUT2D eigenvalue weighted by Crippen LogP contribution is 2.47. The van der Waals surface area contributed by atoms with Gasteiger partial charge in [0.1, 0.15) is 16.8 Å². The van der Waals surface area contributed by atoms with E-state index in [9.17, 15) is 0 Å². The zero-order valence-corrected chi connectivity index (χ0v) is 28.2. The van der Waals surface area contributed by atoms with Gasteiger partial charge in [0.25, 0.3) is 0 Å². The van der Waals surface area contributed by atoms with Crippen molar-refractivity contribution in [2.24, 2.45) is 0 Å². The van der Waals surface area contributed by atoms with Crippen molar-refractivity contribution in [3.63, 3.8) is 0 Å². The molecule has 0 saturated heterocycles. The molecule has 5 heterocycles. The van der Waals surface area contributed by atoms with Crippen LogP contribution in [0, 0.1) is 0 Å². The molecule has 0 aliphatic rings. The first-order valence-corrected chi connectivity index (χ1v) is 18.0. The topological polar surface area (TPSA) is 48.3 Å². The Morgan fingerprint density at radius 3 is 1.91 bits per heavy atom. The Morgan fingerprint density at radius 1 is 0.434 bits per heavy atom. The molecule has 5 heteroatoms. The number of hydrogen-bond acceptors (Lipinski definition) is 3. The molecule has 0 aliphatic carbocycles. The highest BCUT2D eigenvalue weighted by molar-refractivity contribution is 6.34. The molecule has 8 aromatic carbocycles. The molecule has 0 fully saturated rings. The van der Waals surface area contributed by atoms with Gasteiger partial charge in [-0.05, 0) is 70.1 Å². The van der Waals surface area contributed by atoms with Crippen molar-refractivity contribution >= 4 is 104 Å². The fourth-order valence-corrected chi connectivity index (χ4v) is 9.11. The summed E-state index contributed by atoms with van der Waals surface area (Å²) in [5, 5.41) is 12.9. The summed E-state index contributed by atoms with van der Waals surface area (Å²) in [5.74, 6) is 0.616.